The molecule has 1 fully saturated rings. The number of thioether (sulfide) groups is 1. The Morgan fingerprint density at radius 2 is 1.91 bits per heavy atom. The lowest BCUT2D eigenvalue weighted by molar-refractivity contribution is -0.215. The molecule has 23 heavy (non-hydrogen) atoms. The molecule has 1 saturated heterocycles. The summed E-state index contributed by atoms with van der Waals surface area (Å²) < 4.78 is 38.7. The fourth-order valence-corrected chi connectivity index (χ4v) is 3.57. The molecule has 0 saturated carbocycles. The first-order valence-corrected chi connectivity index (χ1v) is 8.70. The van der Waals surface area contributed by atoms with Crippen LogP contribution in [0.15, 0.2) is 35.2 Å². The van der Waals surface area contributed by atoms with Crippen LogP contribution in [-0.4, -0.2) is 35.8 Å². The Balaban J connectivity index is 1.81. The second kappa shape index (κ2) is 7.16. The van der Waals surface area contributed by atoms with Crippen LogP contribution in [0, 0.1) is 11.3 Å². The number of amides is 1. The van der Waals surface area contributed by atoms with E-state index in [-0.39, 0.29) is 5.91 Å². The van der Waals surface area contributed by atoms with Crippen molar-refractivity contribution >= 4 is 17.7 Å². The van der Waals surface area contributed by atoms with E-state index >= 15 is 0 Å². The van der Waals surface area contributed by atoms with Crippen molar-refractivity contribution in [3.63, 3.8) is 0 Å². The van der Waals surface area contributed by atoms with E-state index in [1.807, 2.05) is 30.3 Å². The van der Waals surface area contributed by atoms with Crippen molar-refractivity contribution < 1.29 is 18.0 Å². The number of benzene rings is 1. The third-order valence-electron chi connectivity index (χ3n) is 4.23. The number of nitrogens with zero attached hydrogens (tertiary/aromatic N) is 1. The van der Waals surface area contributed by atoms with E-state index in [4.69, 9.17) is 0 Å². The molecule has 1 heterocycles. The van der Waals surface area contributed by atoms with E-state index in [0.717, 1.165) is 26.0 Å². The Bertz CT molecular complexity index is 530. The first-order chi connectivity index (χ1) is 10.7. The van der Waals surface area contributed by atoms with Crippen LogP contribution in [0.4, 0.5) is 13.2 Å². The summed E-state index contributed by atoms with van der Waals surface area (Å²) in [5, 5.41) is 0. The predicted molar refractivity (Wildman–Crippen MR) is 86.3 cm³/mol. The minimum atomic E-state index is -4.36. The van der Waals surface area contributed by atoms with Gasteiger partial charge in [-0.15, -0.1) is 11.8 Å². The minimum absolute atomic E-state index is 0.346. The maximum atomic E-state index is 12.9. The largest absolute Gasteiger partial charge is 0.394 e. The third kappa shape index (κ3) is 4.90. The number of carbonyl (C=O) groups excluding carboxylic acids is 1. The van der Waals surface area contributed by atoms with Crippen LogP contribution in [0.5, 0.6) is 0 Å². The standard InChI is InChI=1S/C17H22F3NOS/c1-16(2,17(18,19)20)10-15(22)21-9-8-13(11-21)12-23-14-6-4-3-5-7-14/h3-7,13H,8-12H2,1-2H3/t13-/m1/s1. The normalized spacial score (nSPS) is 19.2. The first kappa shape index (κ1) is 18.2. The monoisotopic (exact) mass is 345 g/mol. The molecule has 1 atom stereocenters. The molecule has 0 aromatic heterocycles. The van der Waals surface area contributed by atoms with Crippen LogP contribution < -0.4 is 0 Å². The second-order valence-electron chi connectivity index (χ2n) is 6.68. The Labute approximate surface area is 139 Å². The Morgan fingerprint density at radius 1 is 1.26 bits per heavy atom. The molecule has 0 aliphatic carbocycles. The van der Waals surface area contributed by atoms with Crippen LogP contribution in [0.25, 0.3) is 0 Å². The van der Waals surface area contributed by atoms with Gasteiger partial charge in [-0.2, -0.15) is 13.2 Å². The van der Waals surface area contributed by atoms with E-state index in [0.29, 0.717) is 19.0 Å². The summed E-state index contributed by atoms with van der Waals surface area (Å²) in [7, 11) is 0. The second-order valence-corrected chi connectivity index (χ2v) is 7.77. The van der Waals surface area contributed by atoms with E-state index in [1.165, 1.54) is 4.90 Å². The van der Waals surface area contributed by atoms with Crippen molar-refractivity contribution in [1.29, 1.82) is 0 Å². The Hall–Kier alpha value is -1.17. The first-order valence-electron chi connectivity index (χ1n) is 7.71. The van der Waals surface area contributed by atoms with E-state index in [1.54, 1.807) is 16.7 Å². The number of alkyl halides is 3. The van der Waals surface area contributed by atoms with Gasteiger partial charge >= 0.3 is 6.18 Å². The van der Waals surface area contributed by atoms with Crippen LogP contribution in [-0.2, 0) is 4.79 Å². The zero-order valence-electron chi connectivity index (χ0n) is 13.4. The number of likely N-dealkylation sites (tertiary alicyclic amines) is 1. The summed E-state index contributed by atoms with van der Waals surface area (Å²) in [5.74, 6) is 0.842. The van der Waals surface area contributed by atoms with Crippen LogP contribution in [0.2, 0.25) is 0 Å². The molecule has 2 rings (SSSR count). The summed E-state index contributed by atoms with van der Waals surface area (Å²) in [6.45, 7) is 3.30. The highest BCUT2D eigenvalue weighted by atomic mass is 32.2. The number of rotatable bonds is 5. The Morgan fingerprint density at radius 3 is 2.52 bits per heavy atom. The quantitative estimate of drug-likeness (QED) is 0.727. The van der Waals surface area contributed by atoms with Crippen LogP contribution in [0.3, 0.4) is 0 Å². The molecule has 1 aromatic rings. The lowest BCUT2D eigenvalue weighted by Crippen LogP contribution is -2.39. The van der Waals surface area contributed by atoms with Gasteiger partial charge in [-0.25, -0.2) is 0 Å². The van der Waals surface area contributed by atoms with Gasteiger partial charge < -0.3 is 4.90 Å². The van der Waals surface area contributed by atoms with Crippen molar-refractivity contribution in [3.8, 4) is 0 Å². The van der Waals surface area contributed by atoms with Gasteiger partial charge in [0.2, 0.25) is 5.91 Å². The van der Waals surface area contributed by atoms with Gasteiger partial charge in [-0.05, 0) is 24.5 Å². The molecule has 0 radical (unpaired) electrons. The van der Waals surface area contributed by atoms with Crippen molar-refractivity contribution in [3.05, 3.63) is 30.3 Å². The SMILES string of the molecule is CC(C)(CC(=O)N1CC[C@@H](CSc2ccccc2)C1)C(F)(F)F. The smallest absolute Gasteiger partial charge is 0.342 e. The maximum absolute atomic E-state index is 12.9. The van der Waals surface area contributed by atoms with Gasteiger partial charge in [0.25, 0.3) is 0 Å². The fraction of sp³-hybridized carbons (Fsp3) is 0.588. The number of hydrogen-bond donors (Lipinski definition) is 0. The summed E-state index contributed by atoms with van der Waals surface area (Å²) in [6.07, 6.45) is -3.97. The summed E-state index contributed by atoms with van der Waals surface area (Å²) in [6, 6.07) is 9.99. The topological polar surface area (TPSA) is 20.3 Å². The molecule has 1 aliphatic heterocycles. The summed E-state index contributed by atoms with van der Waals surface area (Å²) in [5.41, 5.74) is -1.97. The van der Waals surface area contributed by atoms with E-state index in [2.05, 4.69) is 0 Å². The molecule has 1 aliphatic rings. The van der Waals surface area contributed by atoms with Gasteiger partial charge in [-0.3, -0.25) is 4.79 Å². The Kier molecular flexibility index (Phi) is 5.65. The molecule has 6 heteroatoms. The fourth-order valence-electron chi connectivity index (χ4n) is 2.52. The van der Waals surface area contributed by atoms with E-state index in [9.17, 15) is 18.0 Å². The molecule has 2 nitrogen and oxygen atoms in total. The molecule has 0 N–H and O–H groups in total. The zero-order valence-corrected chi connectivity index (χ0v) is 14.2. The molecular weight excluding hydrogens is 323 g/mol. The average Bonchev–Trinajstić information content (AvgIpc) is 2.93. The van der Waals surface area contributed by atoms with Gasteiger partial charge in [0, 0.05) is 30.2 Å². The van der Waals surface area contributed by atoms with Crippen molar-refractivity contribution in [1.82, 2.24) is 4.90 Å². The van der Waals surface area contributed by atoms with Crippen LogP contribution in [0.1, 0.15) is 26.7 Å². The van der Waals surface area contributed by atoms with Crippen molar-refractivity contribution in [2.45, 2.75) is 37.8 Å². The van der Waals surface area contributed by atoms with Crippen molar-refractivity contribution in [2.75, 3.05) is 18.8 Å². The summed E-state index contributed by atoms with van der Waals surface area (Å²) in [4.78, 5) is 14.9. The number of halogens is 3. The van der Waals surface area contributed by atoms with E-state index < -0.39 is 18.0 Å². The lowest BCUT2D eigenvalue weighted by atomic mass is 9.88. The highest BCUT2D eigenvalue weighted by Gasteiger charge is 2.49. The number of hydrogen-bond acceptors (Lipinski definition) is 2. The van der Waals surface area contributed by atoms with Crippen LogP contribution >= 0.6 is 11.8 Å². The zero-order chi connectivity index (χ0) is 17.1. The molecule has 0 bridgehead atoms. The molecule has 1 aromatic carbocycles. The lowest BCUT2D eigenvalue weighted by Gasteiger charge is -2.29. The molecule has 128 valence electrons. The molecular formula is C17H22F3NOS. The van der Waals surface area contributed by atoms with Crippen molar-refractivity contribution in [2.24, 2.45) is 11.3 Å². The van der Waals surface area contributed by atoms with Gasteiger partial charge in [0.15, 0.2) is 0 Å². The highest BCUT2D eigenvalue weighted by molar-refractivity contribution is 7.99. The average molecular weight is 345 g/mol. The molecule has 0 spiro atoms. The van der Waals surface area contributed by atoms with Gasteiger partial charge in [0.1, 0.15) is 0 Å². The van der Waals surface area contributed by atoms with Gasteiger partial charge in [-0.1, -0.05) is 32.0 Å². The molecule has 1 amide bonds. The van der Waals surface area contributed by atoms with Gasteiger partial charge in [0.05, 0.1) is 5.41 Å². The molecule has 0 unspecified atom stereocenters. The summed E-state index contributed by atoms with van der Waals surface area (Å²) >= 11 is 1.73. The highest BCUT2D eigenvalue weighted by Crippen LogP contribution is 2.41. The number of carbonyl (C=O) groups is 1. The predicted octanol–water partition coefficient (Wildman–Crippen LogP) is 4.61. The minimum Gasteiger partial charge on any atom is -0.342 e. The maximum Gasteiger partial charge on any atom is 0.394 e. The third-order valence-corrected chi connectivity index (χ3v) is 5.47.